The summed E-state index contributed by atoms with van der Waals surface area (Å²) in [6.07, 6.45) is 3.64. The molecule has 0 radical (unpaired) electrons. The van der Waals surface area contributed by atoms with Crippen LogP contribution in [0, 0.1) is 13.8 Å². The Hall–Kier alpha value is -2.69. The maximum absolute atomic E-state index is 12.9. The van der Waals surface area contributed by atoms with Gasteiger partial charge >= 0.3 is 0 Å². The smallest absolute Gasteiger partial charge is 0.248 e. The first-order chi connectivity index (χ1) is 14.8. The maximum atomic E-state index is 12.9. The highest BCUT2D eigenvalue weighted by molar-refractivity contribution is 7.89. The number of hydrogen-bond acceptors (Lipinski definition) is 7. The highest BCUT2D eigenvalue weighted by atomic mass is 32.2. The Kier molecular flexibility index (Phi) is 6.12. The number of rotatable bonds is 7. The first-order valence-corrected chi connectivity index (χ1v) is 11.6. The number of aryl methyl sites for hydroxylation is 3. The molecule has 166 valence electrons. The van der Waals surface area contributed by atoms with Gasteiger partial charge in [0, 0.05) is 52.2 Å². The van der Waals surface area contributed by atoms with Crippen molar-refractivity contribution < 1.29 is 17.7 Å². The van der Waals surface area contributed by atoms with Crippen LogP contribution in [0.2, 0.25) is 0 Å². The molecule has 1 aliphatic heterocycles. The van der Waals surface area contributed by atoms with Gasteiger partial charge in [-0.1, -0.05) is 17.3 Å². The summed E-state index contributed by atoms with van der Waals surface area (Å²) < 4.78 is 40.2. The highest BCUT2D eigenvalue weighted by Gasteiger charge is 2.33. The van der Waals surface area contributed by atoms with E-state index in [2.05, 4.69) is 15.0 Å². The van der Waals surface area contributed by atoms with E-state index in [0.717, 1.165) is 23.7 Å². The standard InChI is InChI=1S/C21H27N5O4S/c1-16-21(17(2)30-23-16)31(27,28)26-12-10-25(11-13-26)14-18-4-6-19(7-5-18)29-15-20-22-8-9-24(20)3/h4-9H,10-15H2,1-3H3. The average molecular weight is 446 g/mol. The number of benzene rings is 1. The summed E-state index contributed by atoms with van der Waals surface area (Å²) in [4.78, 5) is 6.70. The van der Waals surface area contributed by atoms with Crippen LogP contribution in [0.15, 0.2) is 46.1 Å². The van der Waals surface area contributed by atoms with Crippen molar-refractivity contribution in [1.29, 1.82) is 0 Å². The van der Waals surface area contributed by atoms with Gasteiger partial charge in [0.1, 0.15) is 28.8 Å². The van der Waals surface area contributed by atoms with Crippen molar-refractivity contribution >= 4 is 10.0 Å². The summed E-state index contributed by atoms with van der Waals surface area (Å²) in [5.41, 5.74) is 1.57. The Morgan fingerprint density at radius 2 is 1.81 bits per heavy atom. The lowest BCUT2D eigenvalue weighted by Crippen LogP contribution is -2.48. The number of nitrogens with zero attached hydrogens (tertiary/aromatic N) is 5. The van der Waals surface area contributed by atoms with Crippen LogP contribution in [-0.4, -0.2) is 58.5 Å². The molecule has 1 aromatic carbocycles. The molecule has 0 amide bonds. The summed E-state index contributed by atoms with van der Waals surface area (Å²) in [5.74, 6) is 2.00. The van der Waals surface area contributed by atoms with Crippen LogP contribution in [-0.2, 0) is 30.2 Å². The monoisotopic (exact) mass is 445 g/mol. The molecule has 0 unspecified atom stereocenters. The first kappa shape index (κ1) is 21.5. The minimum atomic E-state index is -3.58. The van der Waals surface area contributed by atoms with Crippen molar-refractivity contribution in [3.05, 3.63) is 59.5 Å². The van der Waals surface area contributed by atoms with Gasteiger partial charge in [0.2, 0.25) is 10.0 Å². The largest absolute Gasteiger partial charge is 0.486 e. The van der Waals surface area contributed by atoms with Gasteiger partial charge in [-0.25, -0.2) is 13.4 Å². The van der Waals surface area contributed by atoms with E-state index in [4.69, 9.17) is 9.26 Å². The van der Waals surface area contributed by atoms with Crippen molar-refractivity contribution in [3.63, 3.8) is 0 Å². The van der Waals surface area contributed by atoms with Crippen molar-refractivity contribution in [1.82, 2.24) is 23.9 Å². The Morgan fingerprint density at radius 1 is 1.10 bits per heavy atom. The molecule has 1 aliphatic rings. The fourth-order valence-corrected chi connectivity index (χ4v) is 5.45. The van der Waals surface area contributed by atoms with Gasteiger partial charge < -0.3 is 13.8 Å². The lowest BCUT2D eigenvalue weighted by Gasteiger charge is -2.33. The number of hydrogen-bond donors (Lipinski definition) is 0. The molecule has 0 atom stereocenters. The molecule has 2 aromatic heterocycles. The fraction of sp³-hybridized carbons (Fsp3) is 0.429. The fourth-order valence-electron chi connectivity index (χ4n) is 3.73. The summed E-state index contributed by atoms with van der Waals surface area (Å²) >= 11 is 0. The van der Waals surface area contributed by atoms with Gasteiger partial charge in [0.25, 0.3) is 0 Å². The van der Waals surface area contributed by atoms with Crippen LogP contribution in [0.5, 0.6) is 5.75 Å². The Morgan fingerprint density at radius 3 is 2.39 bits per heavy atom. The first-order valence-electron chi connectivity index (χ1n) is 10.2. The molecule has 0 bridgehead atoms. The number of aromatic nitrogens is 3. The number of ether oxygens (including phenoxy) is 1. The van der Waals surface area contributed by atoms with Gasteiger partial charge in [-0.3, -0.25) is 4.90 Å². The van der Waals surface area contributed by atoms with Gasteiger partial charge in [-0.15, -0.1) is 0 Å². The van der Waals surface area contributed by atoms with Crippen LogP contribution in [0.4, 0.5) is 0 Å². The van der Waals surface area contributed by atoms with E-state index >= 15 is 0 Å². The molecule has 3 aromatic rings. The molecule has 9 nitrogen and oxygen atoms in total. The Balaban J connectivity index is 1.30. The van der Waals surface area contributed by atoms with E-state index in [1.165, 1.54) is 4.31 Å². The number of piperazine rings is 1. The van der Waals surface area contributed by atoms with E-state index in [1.807, 2.05) is 42.1 Å². The second-order valence-corrected chi connectivity index (χ2v) is 9.60. The SMILES string of the molecule is Cc1noc(C)c1S(=O)(=O)N1CCN(Cc2ccc(OCc3nccn3C)cc2)CC1. The van der Waals surface area contributed by atoms with Gasteiger partial charge in [0.15, 0.2) is 5.76 Å². The second-order valence-electron chi connectivity index (χ2n) is 7.72. The number of sulfonamides is 1. The molecule has 4 rings (SSSR count). The lowest BCUT2D eigenvalue weighted by molar-refractivity contribution is 0.181. The molecule has 0 aliphatic carbocycles. The molecule has 0 saturated carbocycles. The van der Waals surface area contributed by atoms with Crippen LogP contribution in [0.1, 0.15) is 22.8 Å². The van der Waals surface area contributed by atoms with E-state index in [1.54, 1.807) is 20.0 Å². The summed E-state index contributed by atoms with van der Waals surface area (Å²) in [7, 11) is -1.64. The third-order valence-electron chi connectivity index (χ3n) is 5.52. The van der Waals surface area contributed by atoms with Crippen LogP contribution >= 0.6 is 0 Å². The minimum absolute atomic E-state index is 0.196. The van der Waals surface area contributed by atoms with E-state index < -0.39 is 10.0 Å². The molecule has 0 spiro atoms. The third kappa shape index (κ3) is 4.65. The lowest BCUT2D eigenvalue weighted by atomic mass is 10.2. The quantitative estimate of drug-likeness (QED) is 0.550. The van der Waals surface area contributed by atoms with Crippen molar-refractivity contribution in [3.8, 4) is 5.75 Å². The van der Waals surface area contributed by atoms with E-state index in [0.29, 0.717) is 44.2 Å². The van der Waals surface area contributed by atoms with Crippen LogP contribution in [0.25, 0.3) is 0 Å². The van der Waals surface area contributed by atoms with Gasteiger partial charge in [-0.2, -0.15) is 4.31 Å². The zero-order chi connectivity index (χ0) is 22.0. The third-order valence-corrected chi connectivity index (χ3v) is 7.66. The van der Waals surface area contributed by atoms with Gasteiger partial charge in [-0.05, 0) is 31.5 Å². The molecule has 10 heteroatoms. The maximum Gasteiger partial charge on any atom is 0.248 e. The topological polar surface area (TPSA) is 93.7 Å². The van der Waals surface area contributed by atoms with Crippen LogP contribution < -0.4 is 4.74 Å². The highest BCUT2D eigenvalue weighted by Crippen LogP contribution is 2.24. The minimum Gasteiger partial charge on any atom is -0.486 e. The predicted octanol–water partition coefficient (Wildman–Crippen LogP) is 2.11. The Labute approximate surface area is 182 Å². The summed E-state index contributed by atoms with van der Waals surface area (Å²) in [6.45, 7) is 6.69. The summed E-state index contributed by atoms with van der Waals surface area (Å²) in [6, 6.07) is 7.99. The molecule has 3 heterocycles. The van der Waals surface area contributed by atoms with Crippen LogP contribution in [0.3, 0.4) is 0 Å². The normalized spacial score (nSPS) is 16.0. The molecular formula is C21H27N5O4S. The molecule has 31 heavy (non-hydrogen) atoms. The zero-order valence-corrected chi connectivity index (χ0v) is 18.8. The summed E-state index contributed by atoms with van der Waals surface area (Å²) in [5, 5.41) is 3.78. The Bertz CT molecular complexity index is 1110. The molecule has 1 fully saturated rings. The van der Waals surface area contributed by atoms with E-state index in [-0.39, 0.29) is 4.90 Å². The number of imidazole rings is 1. The van der Waals surface area contributed by atoms with Crippen molar-refractivity contribution in [2.24, 2.45) is 7.05 Å². The molecular weight excluding hydrogens is 418 g/mol. The predicted molar refractivity (Wildman–Crippen MR) is 114 cm³/mol. The second kappa shape index (κ2) is 8.81. The van der Waals surface area contributed by atoms with Crippen molar-refractivity contribution in [2.75, 3.05) is 26.2 Å². The van der Waals surface area contributed by atoms with Gasteiger partial charge in [0.05, 0.1) is 0 Å². The zero-order valence-electron chi connectivity index (χ0n) is 18.0. The molecule has 1 saturated heterocycles. The van der Waals surface area contributed by atoms with E-state index in [9.17, 15) is 8.42 Å². The van der Waals surface area contributed by atoms with Crippen molar-refractivity contribution in [2.45, 2.75) is 31.9 Å². The average Bonchev–Trinajstić information content (AvgIpc) is 3.32. The molecule has 0 N–H and O–H groups in total.